The number of Topliss-reactive ketones (excluding diaryl/α,β-unsaturated/α-hetero) is 1. The van der Waals surface area contributed by atoms with Crippen molar-refractivity contribution in [2.75, 3.05) is 0 Å². The number of carbonyl (C=O) groups is 1. The molecule has 0 saturated heterocycles. The van der Waals surface area contributed by atoms with Crippen molar-refractivity contribution in [3.8, 4) is 0 Å². The van der Waals surface area contributed by atoms with Crippen LogP contribution in [0.25, 0.3) is 0 Å². The molecule has 1 aromatic rings. The van der Waals surface area contributed by atoms with Gasteiger partial charge in [-0.25, -0.2) is 0 Å². The summed E-state index contributed by atoms with van der Waals surface area (Å²) in [5.41, 5.74) is 1.78. The van der Waals surface area contributed by atoms with Crippen LogP contribution in [-0.4, -0.2) is 10.8 Å². The van der Waals surface area contributed by atoms with E-state index >= 15 is 0 Å². The molecule has 1 aromatic heterocycles. The first kappa shape index (κ1) is 9.65. The smallest absolute Gasteiger partial charge is 0.163 e. The topological polar surface area (TPSA) is 30.0 Å². The standard InChI is InChI=1S/C11H13NO/c1-9(2)3-4-11(13)10-5-7-12-8-6-10/h5-8H,1,3-4H2,2H3. The third-order valence-corrected chi connectivity index (χ3v) is 1.78. The van der Waals surface area contributed by atoms with Gasteiger partial charge in [0.1, 0.15) is 0 Å². The third-order valence-electron chi connectivity index (χ3n) is 1.78. The van der Waals surface area contributed by atoms with Crippen molar-refractivity contribution in [3.63, 3.8) is 0 Å². The highest BCUT2D eigenvalue weighted by Gasteiger charge is 2.03. The average Bonchev–Trinajstić information content (AvgIpc) is 2.15. The molecule has 13 heavy (non-hydrogen) atoms. The van der Waals surface area contributed by atoms with Crippen molar-refractivity contribution >= 4 is 5.78 Å². The van der Waals surface area contributed by atoms with Crippen molar-refractivity contribution in [2.45, 2.75) is 19.8 Å². The quantitative estimate of drug-likeness (QED) is 0.520. The lowest BCUT2D eigenvalue weighted by molar-refractivity contribution is 0.0982. The molecule has 0 spiro atoms. The second kappa shape index (κ2) is 4.55. The van der Waals surface area contributed by atoms with E-state index in [0.717, 1.165) is 17.6 Å². The monoisotopic (exact) mass is 175 g/mol. The molecule has 0 bridgehead atoms. The molecule has 68 valence electrons. The molecule has 1 heterocycles. The average molecular weight is 175 g/mol. The summed E-state index contributed by atoms with van der Waals surface area (Å²) in [7, 11) is 0. The van der Waals surface area contributed by atoms with Crippen LogP contribution in [0.15, 0.2) is 36.7 Å². The molecule has 2 nitrogen and oxygen atoms in total. The summed E-state index contributed by atoms with van der Waals surface area (Å²) < 4.78 is 0. The molecule has 0 aromatic carbocycles. The molecular weight excluding hydrogens is 162 g/mol. The molecule has 0 radical (unpaired) electrons. The van der Waals surface area contributed by atoms with Crippen molar-refractivity contribution in [1.29, 1.82) is 0 Å². The van der Waals surface area contributed by atoms with E-state index in [0.29, 0.717) is 6.42 Å². The maximum Gasteiger partial charge on any atom is 0.163 e. The zero-order chi connectivity index (χ0) is 9.68. The lowest BCUT2D eigenvalue weighted by atomic mass is 10.1. The number of ketones is 1. The fourth-order valence-corrected chi connectivity index (χ4v) is 1.01. The highest BCUT2D eigenvalue weighted by atomic mass is 16.1. The molecule has 0 aliphatic carbocycles. The Morgan fingerprint density at radius 1 is 1.38 bits per heavy atom. The van der Waals surface area contributed by atoms with Crippen LogP contribution >= 0.6 is 0 Å². The molecule has 0 saturated carbocycles. The molecule has 0 aliphatic heterocycles. The number of carbonyl (C=O) groups excluding carboxylic acids is 1. The zero-order valence-electron chi connectivity index (χ0n) is 7.79. The first-order chi connectivity index (χ1) is 6.20. The van der Waals surface area contributed by atoms with Gasteiger partial charge in [0.25, 0.3) is 0 Å². The van der Waals surface area contributed by atoms with Gasteiger partial charge < -0.3 is 0 Å². The molecule has 0 fully saturated rings. The van der Waals surface area contributed by atoms with E-state index in [1.165, 1.54) is 0 Å². The van der Waals surface area contributed by atoms with Crippen molar-refractivity contribution in [1.82, 2.24) is 4.98 Å². The van der Waals surface area contributed by atoms with Gasteiger partial charge in [0.2, 0.25) is 0 Å². The maximum absolute atomic E-state index is 11.5. The number of hydrogen-bond acceptors (Lipinski definition) is 2. The second-order valence-corrected chi connectivity index (χ2v) is 3.12. The number of allylic oxidation sites excluding steroid dienone is 1. The molecule has 0 amide bonds. The van der Waals surface area contributed by atoms with Gasteiger partial charge in [0.15, 0.2) is 5.78 Å². The van der Waals surface area contributed by atoms with E-state index in [-0.39, 0.29) is 5.78 Å². The van der Waals surface area contributed by atoms with Crippen LogP contribution in [0.5, 0.6) is 0 Å². The number of pyridine rings is 1. The van der Waals surface area contributed by atoms with Gasteiger partial charge in [-0.3, -0.25) is 9.78 Å². The van der Waals surface area contributed by atoms with E-state index < -0.39 is 0 Å². The Bertz CT molecular complexity index is 303. The maximum atomic E-state index is 11.5. The summed E-state index contributed by atoms with van der Waals surface area (Å²) in [5, 5.41) is 0. The first-order valence-electron chi connectivity index (χ1n) is 4.28. The van der Waals surface area contributed by atoms with Crippen LogP contribution in [0.4, 0.5) is 0 Å². The summed E-state index contributed by atoms with van der Waals surface area (Å²) in [6.45, 7) is 5.69. The van der Waals surface area contributed by atoms with Gasteiger partial charge in [-0.15, -0.1) is 6.58 Å². The van der Waals surface area contributed by atoms with Crippen molar-refractivity contribution in [2.24, 2.45) is 0 Å². The van der Waals surface area contributed by atoms with Gasteiger partial charge in [-0.1, -0.05) is 5.57 Å². The van der Waals surface area contributed by atoms with E-state index in [1.54, 1.807) is 24.5 Å². The summed E-state index contributed by atoms with van der Waals surface area (Å²) in [4.78, 5) is 15.3. The van der Waals surface area contributed by atoms with E-state index in [2.05, 4.69) is 11.6 Å². The lowest BCUT2D eigenvalue weighted by Crippen LogP contribution is -1.98. The van der Waals surface area contributed by atoms with Crippen molar-refractivity contribution < 1.29 is 4.79 Å². The Kier molecular flexibility index (Phi) is 3.38. The van der Waals surface area contributed by atoms with Crippen LogP contribution in [0.3, 0.4) is 0 Å². The molecule has 0 atom stereocenters. The van der Waals surface area contributed by atoms with Gasteiger partial charge in [-0.2, -0.15) is 0 Å². The normalized spacial score (nSPS) is 9.62. The van der Waals surface area contributed by atoms with Gasteiger partial charge in [0, 0.05) is 24.4 Å². The summed E-state index contributed by atoms with van der Waals surface area (Å²) >= 11 is 0. The van der Waals surface area contributed by atoms with Gasteiger partial charge in [0.05, 0.1) is 0 Å². The Morgan fingerprint density at radius 3 is 2.54 bits per heavy atom. The van der Waals surface area contributed by atoms with Crippen LogP contribution in [0.1, 0.15) is 30.1 Å². The number of nitrogens with zero attached hydrogens (tertiary/aromatic N) is 1. The predicted molar refractivity (Wildman–Crippen MR) is 52.6 cm³/mol. The Hall–Kier alpha value is -1.44. The van der Waals surface area contributed by atoms with Crippen LogP contribution in [-0.2, 0) is 0 Å². The minimum absolute atomic E-state index is 0.158. The minimum atomic E-state index is 0.158. The molecule has 0 N–H and O–H groups in total. The molecule has 1 rings (SSSR count). The first-order valence-corrected chi connectivity index (χ1v) is 4.28. The molecular formula is C11H13NO. The van der Waals surface area contributed by atoms with E-state index in [4.69, 9.17) is 0 Å². The zero-order valence-corrected chi connectivity index (χ0v) is 7.79. The van der Waals surface area contributed by atoms with E-state index in [1.807, 2.05) is 6.92 Å². The van der Waals surface area contributed by atoms with Crippen LogP contribution in [0.2, 0.25) is 0 Å². The number of rotatable bonds is 4. The number of aromatic nitrogens is 1. The van der Waals surface area contributed by atoms with Gasteiger partial charge >= 0.3 is 0 Å². The largest absolute Gasteiger partial charge is 0.294 e. The van der Waals surface area contributed by atoms with Crippen LogP contribution < -0.4 is 0 Å². The highest BCUT2D eigenvalue weighted by molar-refractivity contribution is 5.95. The summed E-state index contributed by atoms with van der Waals surface area (Å²) in [6.07, 6.45) is 4.57. The fraction of sp³-hybridized carbons (Fsp3) is 0.273. The Balaban J connectivity index is 2.54. The van der Waals surface area contributed by atoms with Gasteiger partial charge in [-0.05, 0) is 25.5 Å². The molecule has 0 aliphatic rings. The minimum Gasteiger partial charge on any atom is -0.294 e. The Labute approximate surface area is 78.3 Å². The SMILES string of the molecule is C=C(C)CCC(=O)c1ccncc1. The van der Waals surface area contributed by atoms with Crippen LogP contribution in [0, 0.1) is 0 Å². The number of hydrogen-bond donors (Lipinski definition) is 0. The third kappa shape index (κ3) is 3.20. The summed E-state index contributed by atoms with van der Waals surface area (Å²) in [6, 6.07) is 3.47. The summed E-state index contributed by atoms with van der Waals surface area (Å²) in [5.74, 6) is 0.158. The predicted octanol–water partition coefficient (Wildman–Crippen LogP) is 2.62. The fourth-order valence-electron chi connectivity index (χ4n) is 1.01. The highest BCUT2D eigenvalue weighted by Crippen LogP contribution is 2.07. The Morgan fingerprint density at radius 2 is 2.00 bits per heavy atom. The van der Waals surface area contributed by atoms with Crippen molar-refractivity contribution in [3.05, 3.63) is 42.2 Å². The lowest BCUT2D eigenvalue weighted by Gasteiger charge is -1.99. The van der Waals surface area contributed by atoms with E-state index in [9.17, 15) is 4.79 Å². The second-order valence-electron chi connectivity index (χ2n) is 3.12. The molecule has 2 heteroatoms. The molecule has 0 unspecified atom stereocenters.